The Hall–Kier alpha value is -0.910. The van der Waals surface area contributed by atoms with Gasteiger partial charge in [-0.3, -0.25) is 9.59 Å². The summed E-state index contributed by atoms with van der Waals surface area (Å²) in [4.78, 5) is 25.7. The normalized spacial score (nSPS) is 28.9. The van der Waals surface area contributed by atoms with Crippen molar-refractivity contribution in [1.82, 2.24) is 4.90 Å². The third-order valence-electron chi connectivity index (χ3n) is 4.53. The summed E-state index contributed by atoms with van der Waals surface area (Å²) in [6.45, 7) is 2.19. The number of alkyl halides is 3. The summed E-state index contributed by atoms with van der Waals surface area (Å²) in [5, 5.41) is 0. The van der Waals surface area contributed by atoms with Crippen molar-refractivity contribution in [2.24, 2.45) is 11.8 Å². The first-order chi connectivity index (χ1) is 9.89. The summed E-state index contributed by atoms with van der Waals surface area (Å²) in [6, 6.07) is -0.395. The van der Waals surface area contributed by atoms with Gasteiger partial charge in [0.15, 0.2) is 6.07 Å². The number of halogens is 3. The van der Waals surface area contributed by atoms with Gasteiger partial charge in [0, 0.05) is 31.3 Å². The second kappa shape index (κ2) is 6.46. The van der Waals surface area contributed by atoms with Gasteiger partial charge in [-0.2, -0.15) is 0 Å². The third-order valence-corrected chi connectivity index (χ3v) is 4.63. The molecule has 0 N–H and O–H groups in total. The fourth-order valence-electron chi connectivity index (χ4n) is 3.22. The number of hydrogen-bond acceptors (Lipinski definition) is 3. The fraction of sp³-hybridized carbons (Fsp3) is 0.857. The second-order valence-corrected chi connectivity index (χ2v) is 5.99. The molecule has 0 aromatic carbocycles. The predicted octanol–water partition coefficient (Wildman–Crippen LogP) is 2.79. The molecule has 0 aromatic heterocycles. The largest absolute Gasteiger partial charge is 0.449 e. The van der Waals surface area contributed by atoms with Crippen LogP contribution in [0.2, 0.25) is 0 Å². The number of esters is 1. The lowest BCUT2D eigenvalue weighted by atomic mass is 9.81. The monoisotopic (exact) mass is 323 g/mol. The topological polar surface area (TPSA) is 46.6 Å². The molecule has 1 aliphatic heterocycles. The number of hydrogen-bond donors (Lipinski definition) is 0. The zero-order valence-electron chi connectivity index (χ0n) is 12.0. The Morgan fingerprint density at radius 2 is 1.95 bits per heavy atom. The van der Waals surface area contributed by atoms with Crippen LogP contribution in [0.25, 0.3) is 0 Å². The lowest BCUT2D eigenvalue weighted by molar-refractivity contribution is -0.166. The Bertz CT molecular complexity index is 409. The van der Waals surface area contributed by atoms with Crippen LogP contribution in [0.3, 0.4) is 0 Å². The summed E-state index contributed by atoms with van der Waals surface area (Å²) in [7, 11) is 0. The van der Waals surface area contributed by atoms with Crippen molar-refractivity contribution < 1.29 is 23.1 Å². The molecule has 21 heavy (non-hydrogen) atoms. The van der Waals surface area contributed by atoms with E-state index in [4.69, 9.17) is 16.3 Å². The lowest BCUT2D eigenvalue weighted by Crippen LogP contribution is -2.62. The van der Waals surface area contributed by atoms with E-state index in [0.717, 1.165) is 0 Å². The maximum atomic E-state index is 13.1. The van der Waals surface area contributed by atoms with E-state index in [0.29, 0.717) is 13.0 Å². The number of nitrogens with zero attached hydrogens (tertiary/aromatic N) is 1. The number of likely N-dealkylation sites (tertiary alicyclic amines) is 1. The van der Waals surface area contributed by atoms with Gasteiger partial charge in [0.05, 0.1) is 5.92 Å². The minimum atomic E-state index is -2.64. The van der Waals surface area contributed by atoms with Gasteiger partial charge in [-0.15, -0.1) is 0 Å². The maximum Gasteiger partial charge on any atom is 0.314 e. The molecule has 0 aromatic rings. The summed E-state index contributed by atoms with van der Waals surface area (Å²) >= 11 is 5.37. The average Bonchev–Trinajstić information content (AvgIpc) is 2.38. The number of rotatable bonds is 4. The molecule has 0 bridgehead atoms. The maximum absolute atomic E-state index is 13.1. The highest BCUT2D eigenvalue weighted by Gasteiger charge is 2.48. The van der Waals surface area contributed by atoms with E-state index < -0.39 is 11.9 Å². The minimum absolute atomic E-state index is 0.104. The van der Waals surface area contributed by atoms with Crippen LogP contribution in [0.15, 0.2) is 0 Å². The zero-order chi connectivity index (χ0) is 15.6. The molecule has 0 spiro atoms. The predicted molar refractivity (Wildman–Crippen MR) is 73.0 cm³/mol. The molecular formula is C14H20ClF2NO3. The molecule has 2 unspecified atom stereocenters. The highest BCUT2D eigenvalue weighted by atomic mass is 35.5. The van der Waals surface area contributed by atoms with Gasteiger partial charge >= 0.3 is 5.97 Å². The van der Waals surface area contributed by atoms with Crippen molar-refractivity contribution in [2.75, 3.05) is 12.6 Å². The molecule has 2 rings (SSSR count). The van der Waals surface area contributed by atoms with Gasteiger partial charge in [0.2, 0.25) is 11.8 Å². The molecule has 7 heteroatoms. The number of ether oxygens (including phenoxy) is 1. The summed E-state index contributed by atoms with van der Waals surface area (Å²) in [5.74, 6) is -3.82. The average molecular weight is 324 g/mol. The van der Waals surface area contributed by atoms with Crippen LogP contribution in [0.5, 0.6) is 0 Å². The van der Waals surface area contributed by atoms with Gasteiger partial charge < -0.3 is 9.64 Å². The van der Waals surface area contributed by atoms with Crippen molar-refractivity contribution in [3.63, 3.8) is 0 Å². The van der Waals surface area contributed by atoms with Crippen molar-refractivity contribution in [2.45, 2.75) is 51.0 Å². The zero-order valence-corrected chi connectivity index (χ0v) is 12.7. The Labute approximate surface area is 127 Å². The van der Waals surface area contributed by atoms with Gasteiger partial charge in [-0.1, -0.05) is 18.5 Å². The van der Waals surface area contributed by atoms with Crippen LogP contribution in [0.4, 0.5) is 8.78 Å². The molecule has 1 amide bonds. The van der Waals surface area contributed by atoms with E-state index in [1.165, 1.54) is 0 Å². The quantitative estimate of drug-likeness (QED) is 0.590. The molecule has 2 aliphatic rings. The number of carbonyl (C=O) groups is 2. The smallest absolute Gasteiger partial charge is 0.314 e. The fourth-order valence-corrected chi connectivity index (χ4v) is 3.33. The molecule has 0 radical (unpaired) electrons. The standard InChI is InChI=1S/C14H20ClF2NO3/c1-2-11-10(13(20)21-8-15)7-18(11)12(19)9-3-5-14(16,17)6-4-9/h9-11H,2-8H2,1H3. The molecule has 4 nitrogen and oxygen atoms in total. The highest BCUT2D eigenvalue weighted by Crippen LogP contribution is 2.39. The molecular weight excluding hydrogens is 304 g/mol. The van der Waals surface area contributed by atoms with Crippen LogP contribution in [-0.2, 0) is 14.3 Å². The van der Waals surface area contributed by atoms with Gasteiger partial charge in [-0.25, -0.2) is 8.78 Å². The van der Waals surface area contributed by atoms with Crippen LogP contribution in [-0.4, -0.2) is 41.4 Å². The minimum Gasteiger partial charge on any atom is -0.449 e. The van der Waals surface area contributed by atoms with E-state index in [1.54, 1.807) is 4.90 Å². The van der Waals surface area contributed by atoms with Crippen molar-refractivity contribution in [3.8, 4) is 0 Å². The van der Waals surface area contributed by atoms with Crippen molar-refractivity contribution in [3.05, 3.63) is 0 Å². The molecule has 1 heterocycles. The Kier molecular flexibility index (Phi) is 5.07. The lowest BCUT2D eigenvalue weighted by Gasteiger charge is -2.48. The van der Waals surface area contributed by atoms with Crippen LogP contribution >= 0.6 is 11.6 Å². The molecule has 1 saturated carbocycles. The van der Waals surface area contributed by atoms with E-state index in [2.05, 4.69) is 0 Å². The molecule has 2 atom stereocenters. The first-order valence-electron chi connectivity index (χ1n) is 7.30. The number of amides is 1. The molecule has 1 saturated heterocycles. The van der Waals surface area contributed by atoms with E-state index in [1.807, 2.05) is 6.92 Å². The third kappa shape index (κ3) is 3.47. The van der Waals surface area contributed by atoms with E-state index in [9.17, 15) is 18.4 Å². The Morgan fingerprint density at radius 1 is 1.33 bits per heavy atom. The van der Waals surface area contributed by atoms with Crippen LogP contribution in [0.1, 0.15) is 39.0 Å². The molecule has 120 valence electrons. The highest BCUT2D eigenvalue weighted by molar-refractivity contribution is 6.17. The molecule has 1 aliphatic carbocycles. The van der Waals surface area contributed by atoms with Crippen molar-refractivity contribution >= 4 is 23.5 Å². The van der Waals surface area contributed by atoms with Gasteiger partial charge in [0.1, 0.15) is 0 Å². The number of carbonyl (C=O) groups excluding carboxylic acids is 2. The first-order valence-corrected chi connectivity index (χ1v) is 7.84. The van der Waals surface area contributed by atoms with Crippen LogP contribution < -0.4 is 0 Å². The van der Waals surface area contributed by atoms with Gasteiger partial charge in [0.25, 0.3) is 0 Å². The first kappa shape index (κ1) is 16.5. The summed E-state index contributed by atoms with van der Waals surface area (Å²) in [5.41, 5.74) is 0. The van der Waals surface area contributed by atoms with Gasteiger partial charge in [-0.05, 0) is 19.3 Å². The van der Waals surface area contributed by atoms with Crippen LogP contribution in [0, 0.1) is 11.8 Å². The summed E-state index contributed by atoms with van der Waals surface area (Å²) < 4.78 is 31.0. The van der Waals surface area contributed by atoms with E-state index >= 15 is 0 Å². The SMILES string of the molecule is CCC1C(C(=O)OCCl)CN1C(=O)C1CCC(F)(F)CC1. The Morgan fingerprint density at radius 3 is 2.48 bits per heavy atom. The second-order valence-electron chi connectivity index (χ2n) is 5.78. The molecule has 2 fully saturated rings. The van der Waals surface area contributed by atoms with Crippen molar-refractivity contribution in [1.29, 1.82) is 0 Å². The Balaban J connectivity index is 1.91. The van der Waals surface area contributed by atoms with E-state index in [-0.39, 0.29) is 55.5 Å². The summed E-state index contributed by atoms with van der Waals surface area (Å²) in [6.07, 6.45) is 0.610.